The lowest BCUT2D eigenvalue weighted by Gasteiger charge is -2.11. The molecule has 0 amide bonds. The summed E-state index contributed by atoms with van der Waals surface area (Å²) in [5, 5.41) is 8.41. The summed E-state index contributed by atoms with van der Waals surface area (Å²) in [4.78, 5) is 21.2. The standard InChI is InChI=1S/C12H10O5/c1-3-10(17-12(15)11(13)14)8-5-4-6-9(7-8)16-2/h1,4-7,10H,2H3,(H,13,14). The van der Waals surface area contributed by atoms with E-state index in [1.54, 1.807) is 24.3 Å². The number of methoxy groups -OCH3 is 1. The molecule has 5 nitrogen and oxygen atoms in total. The second-order valence-corrected chi connectivity index (χ2v) is 3.03. The molecule has 0 radical (unpaired) electrons. The molecule has 0 aliphatic heterocycles. The van der Waals surface area contributed by atoms with Gasteiger partial charge in [0, 0.05) is 5.56 Å². The summed E-state index contributed by atoms with van der Waals surface area (Å²) in [5.41, 5.74) is 0.474. The van der Waals surface area contributed by atoms with Crippen LogP contribution in [0.1, 0.15) is 11.7 Å². The molecule has 1 unspecified atom stereocenters. The minimum atomic E-state index is -1.69. The number of ether oxygens (including phenoxy) is 2. The largest absolute Gasteiger partial charge is 0.497 e. The molecule has 0 fully saturated rings. The molecule has 5 heteroatoms. The van der Waals surface area contributed by atoms with Gasteiger partial charge in [0.1, 0.15) is 5.75 Å². The molecular weight excluding hydrogens is 224 g/mol. The van der Waals surface area contributed by atoms with Crippen molar-refractivity contribution in [3.8, 4) is 18.1 Å². The number of esters is 1. The van der Waals surface area contributed by atoms with E-state index in [-0.39, 0.29) is 0 Å². The summed E-state index contributed by atoms with van der Waals surface area (Å²) in [6, 6.07) is 6.53. The smallest absolute Gasteiger partial charge is 0.418 e. The average molecular weight is 234 g/mol. The first kappa shape index (κ1) is 12.6. The Labute approximate surface area is 98.0 Å². The van der Waals surface area contributed by atoms with E-state index < -0.39 is 18.0 Å². The highest BCUT2D eigenvalue weighted by atomic mass is 16.6. The van der Waals surface area contributed by atoms with Crippen molar-refractivity contribution in [3.63, 3.8) is 0 Å². The number of aliphatic carboxylic acids is 1. The average Bonchev–Trinajstić information content (AvgIpc) is 2.35. The van der Waals surface area contributed by atoms with E-state index in [0.717, 1.165) is 0 Å². The van der Waals surface area contributed by atoms with Crippen LogP contribution in [-0.2, 0) is 14.3 Å². The summed E-state index contributed by atoms with van der Waals surface area (Å²) < 4.78 is 9.59. The van der Waals surface area contributed by atoms with E-state index in [4.69, 9.17) is 16.3 Å². The van der Waals surface area contributed by atoms with Crippen molar-refractivity contribution in [3.05, 3.63) is 29.8 Å². The number of carboxylic acids is 1. The molecule has 1 N–H and O–H groups in total. The summed E-state index contributed by atoms with van der Waals surface area (Å²) in [5.74, 6) is -0.350. The number of carboxylic acid groups (broad SMARTS) is 1. The van der Waals surface area contributed by atoms with Crippen molar-refractivity contribution in [1.82, 2.24) is 0 Å². The van der Waals surface area contributed by atoms with Crippen LogP contribution in [0.3, 0.4) is 0 Å². The molecule has 0 aromatic heterocycles. The third-order valence-corrected chi connectivity index (χ3v) is 1.95. The van der Waals surface area contributed by atoms with Gasteiger partial charge in [-0.05, 0) is 12.1 Å². The third kappa shape index (κ3) is 3.24. The molecule has 0 aliphatic rings. The summed E-state index contributed by atoms with van der Waals surface area (Å²) in [7, 11) is 1.48. The number of hydrogen-bond donors (Lipinski definition) is 1. The van der Waals surface area contributed by atoms with Gasteiger partial charge in [-0.1, -0.05) is 18.1 Å². The van der Waals surface area contributed by atoms with E-state index in [0.29, 0.717) is 11.3 Å². The van der Waals surface area contributed by atoms with E-state index >= 15 is 0 Å². The van der Waals surface area contributed by atoms with E-state index in [1.807, 2.05) is 0 Å². The Kier molecular flexibility index (Phi) is 4.12. The quantitative estimate of drug-likeness (QED) is 0.479. The minimum Gasteiger partial charge on any atom is -0.497 e. The SMILES string of the molecule is C#CC(OC(=O)C(=O)O)c1cccc(OC)c1. The predicted molar refractivity (Wildman–Crippen MR) is 58.3 cm³/mol. The number of carbonyl (C=O) groups excluding carboxylic acids is 1. The van der Waals surface area contributed by atoms with Crippen LogP contribution in [0, 0.1) is 12.3 Å². The molecule has 1 atom stereocenters. The molecule has 0 spiro atoms. The fourth-order valence-electron chi connectivity index (χ4n) is 1.16. The van der Waals surface area contributed by atoms with Gasteiger partial charge in [-0.25, -0.2) is 9.59 Å². The number of benzene rings is 1. The first-order chi connectivity index (χ1) is 8.08. The van der Waals surface area contributed by atoms with Crippen molar-refractivity contribution < 1.29 is 24.2 Å². The van der Waals surface area contributed by atoms with Crippen LogP contribution < -0.4 is 4.74 Å². The molecule has 88 valence electrons. The minimum absolute atomic E-state index is 0.474. The Hall–Kier alpha value is -2.48. The zero-order valence-electron chi connectivity index (χ0n) is 9.04. The van der Waals surface area contributed by atoms with Crippen molar-refractivity contribution >= 4 is 11.9 Å². The molecule has 1 rings (SSSR count). The fourth-order valence-corrected chi connectivity index (χ4v) is 1.16. The molecular formula is C12H10O5. The number of rotatable bonds is 3. The van der Waals surface area contributed by atoms with Crippen LogP contribution >= 0.6 is 0 Å². The summed E-state index contributed by atoms with van der Waals surface area (Å²) in [6.45, 7) is 0. The number of terminal acetylenes is 1. The summed E-state index contributed by atoms with van der Waals surface area (Å²) in [6.07, 6.45) is 4.14. The molecule has 0 bridgehead atoms. The maximum atomic E-state index is 10.9. The van der Waals surface area contributed by atoms with Gasteiger partial charge in [-0.15, -0.1) is 6.42 Å². The lowest BCUT2D eigenvalue weighted by molar-refractivity contribution is -0.165. The predicted octanol–water partition coefficient (Wildman–Crippen LogP) is 0.997. The Balaban J connectivity index is 2.90. The molecule has 0 saturated heterocycles. The van der Waals surface area contributed by atoms with E-state index in [9.17, 15) is 9.59 Å². The Morgan fingerprint density at radius 3 is 2.71 bits per heavy atom. The van der Waals surface area contributed by atoms with Gasteiger partial charge < -0.3 is 14.6 Å². The lowest BCUT2D eigenvalue weighted by Crippen LogP contribution is -2.18. The Bertz CT molecular complexity index is 472. The molecule has 0 aliphatic carbocycles. The number of carbonyl (C=O) groups is 2. The summed E-state index contributed by atoms with van der Waals surface area (Å²) >= 11 is 0. The Morgan fingerprint density at radius 2 is 2.18 bits per heavy atom. The van der Waals surface area contributed by atoms with Gasteiger partial charge in [-0.3, -0.25) is 0 Å². The maximum absolute atomic E-state index is 10.9. The number of hydrogen-bond acceptors (Lipinski definition) is 4. The van der Waals surface area contributed by atoms with Gasteiger partial charge in [0.15, 0.2) is 6.10 Å². The zero-order valence-corrected chi connectivity index (χ0v) is 9.04. The van der Waals surface area contributed by atoms with Crippen LogP contribution in [-0.4, -0.2) is 24.2 Å². The van der Waals surface area contributed by atoms with Crippen LogP contribution in [0.25, 0.3) is 0 Å². The molecule has 0 heterocycles. The highest BCUT2D eigenvalue weighted by molar-refractivity contribution is 6.28. The van der Waals surface area contributed by atoms with Gasteiger partial charge in [-0.2, -0.15) is 0 Å². The van der Waals surface area contributed by atoms with Crippen molar-refractivity contribution in [1.29, 1.82) is 0 Å². The highest BCUT2D eigenvalue weighted by Gasteiger charge is 2.20. The second kappa shape index (κ2) is 5.56. The third-order valence-electron chi connectivity index (χ3n) is 1.95. The topological polar surface area (TPSA) is 72.8 Å². The van der Waals surface area contributed by atoms with Crippen molar-refractivity contribution in [2.45, 2.75) is 6.10 Å². The van der Waals surface area contributed by atoms with E-state index in [2.05, 4.69) is 10.7 Å². The molecule has 1 aromatic carbocycles. The highest BCUT2D eigenvalue weighted by Crippen LogP contribution is 2.21. The maximum Gasteiger partial charge on any atom is 0.418 e. The fraction of sp³-hybridized carbons (Fsp3) is 0.167. The molecule has 17 heavy (non-hydrogen) atoms. The van der Waals surface area contributed by atoms with Crippen LogP contribution in [0.5, 0.6) is 5.75 Å². The Morgan fingerprint density at radius 1 is 1.47 bits per heavy atom. The normalized spacial score (nSPS) is 11.1. The first-order valence-corrected chi connectivity index (χ1v) is 4.62. The van der Waals surface area contributed by atoms with Crippen molar-refractivity contribution in [2.24, 2.45) is 0 Å². The van der Waals surface area contributed by atoms with Gasteiger partial charge in [0.25, 0.3) is 0 Å². The van der Waals surface area contributed by atoms with Gasteiger partial charge in [0.05, 0.1) is 7.11 Å². The lowest BCUT2D eigenvalue weighted by atomic mass is 10.1. The van der Waals surface area contributed by atoms with Crippen LogP contribution in [0.4, 0.5) is 0 Å². The molecule has 0 saturated carbocycles. The van der Waals surface area contributed by atoms with Crippen LogP contribution in [0.15, 0.2) is 24.3 Å². The van der Waals surface area contributed by atoms with Crippen molar-refractivity contribution in [2.75, 3.05) is 7.11 Å². The van der Waals surface area contributed by atoms with E-state index in [1.165, 1.54) is 7.11 Å². The van der Waals surface area contributed by atoms with Gasteiger partial charge >= 0.3 is 11.9 Å². The van der Waals surface area contributed by atoms with Crippen LogP contribution in [0.2, 0.25) is 0 Å². The zero-order chi connectivity index (χ0) is 12.8. The monoisotopic (exact) mass is 234 g/mol. The second-order valence-electron chi connectivity index (χ2n) is 3.03. The molecule has 1 aromatic rings. The first-order valence-electron chi connectivity index (χ1n) is 4.62. The van der Waals surface area contributed by atoms with Gasteiger partial charge in [0.2, 0.25) is 0 Å².